The summed E-state index contributed by atoms with van der Waals surface area (Å²) < 4.78 is 5.08. The SMILES string of the molecule is O=C(OCC(O)c1ccccc1)N1CCCC1. The molecule has 4 nitrogen and oxygen atoms in total. The second-order valence-corrected chi connectivity index (χ2v) is 4.20. The molecule has 1 aromatic rings. The Labute approximate surface area is 101 Å². The van der Waals surface area contributed by atoms with Crippen LogP contribution in [-0.2, 0) is 4.74 Å². The van der Waals surface area contributed by atoms with Crippen molar-refractivity contribution in [3.8, 4) is 0 Å². The van der Waals surface area contributed by atoms with Gasteiger partial charge in [-0.3, -0.25) is 0 Å². The van der Waals surface area contributed by atoms with Gasteiger partial charge in [0.15, 0.2) is 0 Å². The number of ether oxygens (including phenoxy) is 1. The van der Waals surface area contributed by atoms with Crippen molar-refractivity contribution in [3.63, 3.8) is 0 Å². The van der Waals surface area contributed by atoms with Crippen LogP contribution >= 0.6 is 0 Å². The van der Waals surface area contributed by atoms with E-state index in [4.69, 9.17) is 4.74 Å². The van der Waals surface area contributed by atoms with E-state index in [9.17, 15) is 9.90 Å². The minimum absolute atomic E-state index is 0.0132. The number of amides is 1. The van der Waals surface area contributed by atoms with E-state index in [1.54, 1.807) is 4.90 Å². The number of aliphatic hydroxyl groups excluding tert-OH is 1. The van der Waals surface area contributed by atoms with Gasteiger partial charge in [0, 0.05) is 13.1 Å². The van der Waals surface area contributed by atoms with Gasteiger partial charge in [-0.25, -0.2) is 4.79 Å². The minimum Gasteiger partial charge on any atom is -0.446 e. The fraction of sp³-hybridized carbons (Fsp3) is 0.462. The van der Waals surface area contributed by atoms with Crippen LogP contribution in [0.25, 0.3) is 0 Å². The van der Waals surface area contributed by atoms with Gasteiger partial charge in [-0.1, -0.05) is 30.3 Å². The maximum Gasteiger partial charge on any atom is 0.409 e. The highest BCUT2D eigenvalue weighted by atomic mass is 16.6. The largest absolute Gasteiger partial charge is 0.446 e. The lowest BCUT2D eigenvalue weighted by Gasteiger charge is -2.17. The molecule has 1 atom stereocenters. The molecule has 4 heteroatoms. The highest BCUT2D eigenvalue weighted by Crippen LogP contribution is 2.14. The summed E-state index contributed by atoms with van der Waals surface area (Å²) in [6.45, 7) is 1.54. The maximum absolute atomic E-state index is 11.6. The van der Waals surface area contributed by atoms with Crippen molar-refractivity contribution in [2.45, 2.75) is 18.9 Å². The number of carbonyl (C=O) groups excluding carboxylic acids is 1. The predicted octanol–water partition coefficient (Wildman–Crippen LogP) is 1.95. The summed E-state index contributed by atoms with van der Waals surface area (Å²) in [6, 6.07) is 9.21. The Morgan fingerprint density at radius 1 is 1.29 bits per heavy atom. The number of likely N-dealkylation sites (tertiary alicyclic amines) is 1. The van der Waals surface area contributed by atoms with Crippen molar-refractivity contribution in [1.82, 2.24) is 4.90 Å². The van der Waals surface area contributed by atoms with E-state index in [1.165, 1.54) is 0 Å². The molecule has 1 aliphatic heterocycles. The van der Waals surface area contributed by atoms with Gasteiger partial charge in [0.25, 0.3) is 0 Å². The predicted molar refractivity (Wildman–Crippen MR) is 63.6 cm³/mol. The van der Waals surface area contributed by atoms with E-state index in [-0.39, 0.29) is 12.7 Å². The molecule has 92 valence electrons. The van der Waals surface area contributed by atoms with Crippen LogP contribution in [-0.4, -0.2) is 35.8 Å². The first-order valence-electron chi connectivity index (χ1n) is 5.92. The molecule has 0 aliphatic carbocycles. The van der Waals surface area contributed by atoms with Gasteiger partial charge in [-0.15, -0.1) is 0 Å². The molecular formula is C13H17NO3. The monoisotopic (exact) mass is 235 g/mol. The molecule has 0 aromatic heterocycles. The fourth-order valence-electron chi connectivity index (χ4n) is 1.91. The van der Waals surface area contributed by atoms with Gasteiger partial charge in [0.2, 0.25) is 0 Å². The zero-order chi connectivity index (χ0) is 12.1. The number of rotatable bonds is 3. The van der Waals surface area contributed by atoms with Crippen molar-refractivity contribution in [2.24, 2.45) is 0 Å². The quantitative estimate of drug-likeness (QED) is 0.871. The molecule has 1 amide bonds. The number of nitrogens with zero attached hydrogens (tertiary/aromatic N) is 1. The standard InChI is InChI=1S/C13H17NO3/c15-12(11-6-2-1-3-7-11)10-17-13(16)14-8-4-5-9-14/h1-3,6-7,12,15H,4-5,8-10H2. The zero-order valence-corrected chi connectivity index (χ0v) is 9.71. The van der Waals surface area contributed by atoms with E-state index < -0.39 is 6.10 Å². The molecule has 0 spiro atoms. The topological polar surface area (TPSA) is 49.8 Å². The Bertz CT molecular complexity index is 360. The molecule has 2 rings (SSSR count). The molecule has 0 saturated carbocycles. The van der Waals surface area contributed by atoms with Gasteiger partial charge in [-0.05, 0) is 18.4 Å². The molecule has 0 radical (unpaired) electrons. The zero-order valence-electron chi connectivity index (χ0n) is 9.71. The first-order chi connectivity index (χ1) is 8.27. The number of carbonyl (C=O) groups is 1. The summed E-state index contributed by atoms with van der Waals surface area (Å²) >= 11 is 0. The molecule has 1 aromatic carbocycles. The van der Waals surface area contributed by atoms with Crippen LogP contribution in [0.4, 0.5) is 4.79 Å². The smallest absolute Gasteiger partial charge is 0.409 e. The summed E-state index contributed by atoms with van der Waals surface area (Å²) in [5, 5.41) is 9.82. The molecule has 1 heterocycles. The second kappa shape index (κ2) is 5.68. The third kappa shape index (κ3) is 3.20. The van der Waals surface area contributed by atoms with Crippen molar-refractivity contribution in [2.75, 3.05) is 19.7 Å². The highest BCUT2D eigenvalue weighted by Gasteiger charge is 2.20. The summed E-state index contributed by atoms with van der Waals surface area (Å²) in [7, 11) is 0. The van der Waals surface area contributed by atoms with E-state index >= 15 is 0 Å². The van der Waals surface area contributed by atoms with Crippen molar-refractivity contribution in [3.05, 3.63) is 35.9 Å². The molecule has 0 bridgehead atoms. The fourth-order valence-corrected chi connectivity index (χ4v) is 1.91. The first-order valence-corrected chi connectivity index (χ1v) is 5.92. The average Bonchev–Trinajstić information content (AvgIpc) is 2.90. The summed E-state index contributed by atoms with van der Waals surface area (Å²) in [6.07, 6.45) is 1.01. The molecule has 1 N–H and O–H groups in total. The molecule has 1 unspecified atom stereocenters. The van der Waals surface area contributed by atoms with Crippen LogP contribution in [0, 0.1) is 0 Å². The Kier molecular flexibility index (Phi) is 3.98. The van der Waals surface area contributed by atoms with E-state index in [0.29, 0.717) is 0 Å². The van der Waals surface area contributed by atoms with Crippen molar-refractivity contribution in [1.29, 1.82) is 0 Å². The van der Waals surface area contributed by atoms with Crippen LogP contribution in [0.2, 0.25) is 0 Å². The Hall–Kier alpha value is -1.55. The summed E-state index contributed by atoms with van der Waals surface area (Å²) in [4.78, 5) is 13.3. The number of hydrogen-bond donors (Lipinski definition) is 1. The molecular weight excluding hydrogens is 218 g/mol. The molecule has 17 heavy (non-hydrogen) atoms. The van der Waals surface area contributed by atoms with Crippen LogP contribution < -0.4 is 0 Å². The third-order valence-corrected chi connectivity index (χ3v) is 2.91. The van der Waals surface area contributed by atoms with Gasteiger partial charge < -0.3 is 14.7 Å². The number of benzene rings is 1. The van der Waals surface area contributed by atoms with Gasteiger partial charge in [-0.2, -0.15) is 0 Å². The van der Waals surface area contributed by atoms with Gasteiger partial charge in [0.1, 0.15) is 12.7 Å². The van der Waals surface area contributed by atoms with Crippen molar-refractivity contribution < 1.29 is 14.6 Å². The number of aliphatic hydroxyl groups is 1. The lowest BCUT2D eigenvalue weighted by atomic mass is 10.1. The lowest BCUT2D eigenvalue weighted by Crippen LogP contribution is -2.29. The van der Waals surface area contributed by atoms with E-state index in [0.717, 1.165) is 31.5 Å². The summed E-state index contributed by atoms with van der Waals surface area (Å²) in [5.41, 5.74) is 0.765. The lowest BCUT2D eigenvalue weighted by molar-refractivity contribution is 0.0510. The molecule has 1 aliphatic rings. The Balaban J connectivity index is 1.80. The van der Waals surface area contributed by atoms with Crippen LogP contribution in [0.1, 0.15) is 24.5 Å². The summed E-state index contributed by atoms with van der Waals surface area (Å²) in [5.74, 6) is 0. The van der Waals surface area contributed by atoms with Crippen LogP contribution in [0.5, 0.6) is 0 Å². The van der Waals surface area contributed by atoms with E-state index in [1.807, 2.05) is 30.3 Å². The third-order valence-electron chi connectivity index (χ3n) is 2.91. The Morgan fingerprint density at radius 3 is 2.59 bits per heavy atom. The molecule has 1 saturated heterocycles. The number of hydrogen-bond acceptors (Lipinski definition) is 3. The first kappa shape index (κ1) is 11.9. The minimum atomic E-state index is -0.747. The van der Waals surface area contributed by atoms with Crippen LogP contribution in [0.3, 0.4) is 0 Å². The Morgan fingerprint density at radius 2 is 1.94 bits per heavy atom. The van der Waals surface area contributed by atoms with Crippen LogP contribution in [0.15, 0.2) is 30.3 Å². The van der Waals surface area contributed by atoms with Gasteiger partial charge in [0.05, 0.1) is 0 Å². The maximum atomic E-state index is 11.6. The average molecular weight is 235 g/mol. The van der Waals surface area contributed by atoms with Gasteiger partial charge >= 0.3 is 6.09 Å². The normalized spacial score (nSPS) is 16.9. The molecule has 1 fully saturated rings. The second-order valence-electron chi connectivity index (χ2n) is 4.20. The van der Waals surface area contributed by atoms with E-state index in [2.05, 4.69) is 0 Å². The van der Waals surface area contributed by atoms with Crippen molar-refractivity contribution >= 4 is 6.09 Å². The highest BCUT2D eigenvalue weighted by molar-refractivity contribution is 5.67.